The number of nitrogens with zero attached hydrogens (tertiary/aromatic N) is 2. The molecule has 0 N–H and O–H groups in total. The molecule has 1 unspecified atom stereocenters. The van der Waals surface area contributed by atoms with Gasteiger partial charge in [-0.05, 0) is 17.7 Å². The van der Waals surface area contributed by atoms with Crippen molar-refractivity contribution in [3.8, 4) is 5.75 Å². The first-order chi connectivity index (χ1) is 12.5. The second-order valence-electron chi connectivity index (χ2n) is 6.21. The molecule has 0 fully saturated rings. The highest BCUT2D eigenvalue weighted by Gasteiger charge is 2.29. The van der Waals surface area contributed by atoms with Crippen LogP contribution in [0.3, 0.4) is 0 Å². The molecule has 2 aromatic carbocycles. The minimum Gasteiger partial charge on any atom is -0.496 e. The number of para-hydroxylation sites is 1. The highest BCUT2D eigenvalue weighted by atomic mass is 32.2. The second-order valence-corrected chi connectivity index (χ2v) is 8.19. The molecule has 138 valence electrons. The summed E-state index contributed by atoms with van der Waals surface area (Å²) < 4.78 is 31.2. The second kappa shape index (κ2) is 7.88. The number of ether oxygens (including phenoxy) is 1. The summed E-state index contributed by atoms with van der Waals surface area (Å²) in [5, 5.41) is 4.15. The zero-order chi connectivity index (χ0) is 18.6. The van der Waals surface area contributed by atoms with Crippen molar-refractivity contribution >= 4 is 15.7 Å². The van der Waals surface area contributed by atoms with E-state index in [1.165, 1.54) is 10.6 Å². The van der Waals surface area contributed by atoms with Gasteiger partial charge in [-0.1, -0.05) is 47.6 Å². The summed E-state index contributed by atoms with van der Waals surface area (Å²) in [7, 11) is -1.76. The lowest BCUT2D eigenvalue weighted by Gasteiger charge is -2.22. The molecule has 0 bridgehead atoms. The Balaban J connectivity index is 1.70. The molecular formula is C19H22N2O4S. The summed E-state index contributed by atoms with van der Waals surface area (Å²) in [6, 6.07) is 17.1. The van der Waals surface area contributed by atoms with Crippen LogP contribution < -0.4 is 4.74 Å². The lowest BCUT2D eigenvalue weighted by Crippen LogP contribution is -2.36. The third kappa shape index (κ3) is 4.42. The number of hydrogen-bond acceptors (Lipinski definition) is 5. The predicted octanol–water partition coefficient (Wildman–Crippen LogP) is 2.65. The molecule has 1 aliphatic heterocycles. The van der Waals surface area contributed by atoms with Gasteiger partial charge in [-0.3, -0.25) is 0 Å². The SMILES string of the molecule is COc1ccccc1C1=NOC(CN(Cc2ccccc2)S(C)(=O)=O)C1. The maximum Gasteiger partial charge on any atom is 0.211 e. The summed E-state index contributed by atoms with van der Waals surface area (Å²) in [5.74, 6) is 0.722. The van der Waals surface area contributed by atoms with Gasteiger partial charge >= 0.3 is 0 Å². The third-order valence-corrected chi connectivity index (χ3v) is 5.45. The molecule has 1 atom stereocenters. The van der Waals surface area contributed by atoms with Crippen LogP contribution in [0.2, 0.25) is 0 Å². The molecule has 0 radical (unpaired) electrons. The van der Waals surface area contributed by atoms with Crippen molar-refractivity contribution in [3.63, 3.8) is 0 Å². The van der Waals surface area contributed by atoms with Crippen LogP contribution in [-0.4, -0.2) is 44.4 Å². The van der Waals surface area contributed by atoms with Gasteiger partial charge in [-0.2, -0.15) is 4.31 Å². The zero-order valence-corrected chi connectivity index (χ0v) is 15.6. The monoisotopic (exact) mass is 374 g/mol. The molecule has 3 rings (SSSR count). The zero-order valence-electron chi connectivity index (χ0n) is 14.8. The first-order valence-corrected chi connectivity index (χ1v) is 10.2. The number of rotatable bonds is 7. The number of oxime groups is 1. The van der Waals surface area contributed by atoms with E-state index in [2.05, 4.69) is 5.16 Å². The minimum atomic E-state index is -3.37. The van der Waals surface area contributed by atoms with E-state index in [9.17, 15) is 8.42 Å². The predicted molar refractivity (Wildman–Crippen MR) is 101 cm³/mol. The number of methoxy groups -OCH3 is 1. The van der Waals surface area contributed by atoms with E-state index in [4.69, 9.17) is 9.57 Å². The van der Waals surface area contributed by atoms with E-state index >= 15 is 0 Å². The number of sulfonamides is 1. The fraction of sp³-hybridized carbons (Fsp3) is 0.316. The van der Waals surface area contributed by atoms with Gasteiger partial charge in [0.05, 0.1) is 25.6 Å². The minimum absolute atomic E-state index is 0.246. The van der Waals surface area contributed by atoms with E-state index in [-0.39, 0.29) is 12.6 Å². The average molecular weight is 374 g/mol. The van der Waals surface area contributed by atoms with E-state index in [1.807, 2.05) is 54.6 Å². The van der Waals surface area contributed by atoms with Crippen LogP contribution in [0.25, 0.3) is 0 Å². The van der Waals surface area contributed by atoms with E-state index in [0.29, 0.717) is 13.0 Å². The summed E-state index contributed by atoms with van der Waals surface area (Å²) in [6.07, 6.45) is 1.42. The maximum absolute atomic E-state index is 12.2. The quantitative estimate of drug-likeness (QED) is 0.747. The Labute approximate surface area is 154 Å². The Morgan fingerprint density at radius 1 is 1.15 bits per heavy atom. The van der Waals surface area contributed by atoms with Crippen molar-refractivity contribution in [2.45, 2.75) is 19.1 Å². The molecule has 6 nitrogen and oxygen atoms in total. The summed E-state index contributed by atoms with van der Waals surface area (Å²) in [4.78, 5) is 5.51. The first kappa shape index (κ1) is 18.4. The van der Waals surface area contributed by atoms with Crippen LogP contribution >= 0.6 is 0 Å². The van der Waals surface area contributed by atoms with Gasteiger partial charge in [0.15, 0.2) is 0 Å². The molecular weight excluding hydrogens is 352 g/mol. The van der Waals surface area contributed by atoms with Crippen molar-refractivity contribution in [2.24, 2.45) is 5.16 Å². The smallest absolute Gasteiger partial charge is 0.211 e. The molecule has 1 aliphatic rings. The van der Waals surface area contributed by atoms with E-state index in [0.717, 1.165) is 22.6 Å². The van der Waals surface area contributed by atoms with Crippen molar-refractivity contribution in [3.05, 3.63) is 65.7 Å². The molecule has 0 spiro atoms. The van der Waals surface area contributed by atoms with Crippen molar-refractivity contribution in [2.75, 3.05) is 19.9 Å². The topological polar surface area (TPSA) is 68.2 Å². The van der Waals surface area contributed by atoms with Crippen molar-refractivity contribution in [1.29, 1.82) is 0 Å². The Bertz CT molecular complexity index is 881. The lowest BCUT2D eigenvalue weighted by atomic mass is 10.0. The van der Waals surface area contributed by atoms with Crippen LogP contribution in [0.1, 0.15) is 17.5 Å². The van der Waals surface area contributed by atoms with Crippen molar-refractivity contribution < 1.29 is 18.0 Å². The van der Waals surface area contributed by atoms with Gasteiger partial charge in [0, 0.05) is 18.5 Å². The normalized spacial score (nSPS) is 17.0. The maximum atomic E-state index is 12.2. The molecule has 0 aliphatic carbocycles. The highest BCUT2D eigenvalue weighted by molar-refractivity contribution is 7.88. The van der Waals surface area contributed by atoms with Crippen LogP contribution in [0, 0.1) is 0 Å². The molecule has 0 saturated carbocycles. The van der Waals surface area contributed by atoms with Gasteiger partial charge in [-0.15, -0.1) is 0 Å². The molecule has 2 aromatic rings. The molecule has 0 aromatic heterocycles. The van der Waals surface area contributed by atoms with E-state index in [1.54, 1.807) is 7.11 Å². The number of benzene rings is 2. The molecule has 7 heteroatoms. The van der Waals surface area contributed by atoms with Crippen LogP contribution in [-0.2, 0) is 21.4 Å². The van der Waals surface area contributed by atoms with Gasteiger partial charge in [0.1, 0.15) is 11.9 Å². The molecule has 0 amide bonds. The Kier molecular flexibility index (Phi) is 5.58. The Morgan fingerprint density at radius 2 is 1.85 bits per heavy atom. The molecule has 1 heterocycles. The summed E-state index contributed by atoms with van der Waals surface area (Å²) in [6.45, 7) is 0.555. The van der Waals surface area contributed by atoms with Gasteiger partial charge in [0.2, 0.25) is 10.0 Å². The van der Waals surface area contributed by atoms with Gasteiger partial charge < -0.3 is 9.57 Å². The average Bonchev–Trinajstić information content (AvgIpc) is 3.10. The van der Waals surface area contributed by atoms with Crippen LogP contribution in [0.15, 0.2) is 59.8 Å². The highest BCUT2D eigenvalue weighted by Crippen LogP contribution is 2.25. The van der Waals surface area contributed by atoms with Gasteiger partial charge in [0.25, 0.3) is 0 Å². The fourth-order valence-electron chi connectivity index (χ4n) is 2.90. The Morgan fingerprint density at radius 3 is 2.54 bits per heavy atom. The third-order valence-electron chi connectivity index (χ3n) is 4.23. The summed E-state index contributed by atoms with van der Waals surface area (Å²) in [5.41, 5.74) is 2.56. The van der Waals surface area contributed by atoms with E-state index < -0.39 is 10.0 Å². The molecule has 0 saturated heterocycles. The fourth-order valence-corrected chi connectivity index (χ4v) is 3.72. The Hall–Kier alpha value is -2.38. The summed E-state index contributed by atoms with van der Waals surface area (Å²) >= 11 is 0. The van der Waals surface area contributed by atoms with Gasteiger partial charge in [-0.25, -0.2) is 8.42 Å². The number of hydrogen-bond donors (Lipinski definition) is 0. The van der Waals surface area contributed by atoms with Crippen molar-refractivity contribution in [1.82, 2.24) is 4.31 Å². The standard InChI is InChI=1S/C19H22N2O4S/c1-24-19-11-7-6-10-17(19)18-12-16(25-20-18)14-21(26(2,22)23)13-15-8-4-3-5-9-15/h3-11,16H,12-14H2,1-2H3. The first-order valence-electron chi connectivity index (χ1n) is 8.32. The lowest BCUT2D eigenvalue weighted by molar-refractivity contribution is 0.0695. The largest absolute Gasteiger partial charge is 0.496 e. The van der Waals surface area contributed by atoms with Crippen LogP contribution in [0.4, 0.5) is 0 Å². The molecule has 26 heavy (non-hydrogen) atoms. The van der Waals surface area contributed by atoms with Crippen LogP contribution in [0.5, 0.6) is 5.75 Å².